The molecule has 1 aliphatic rings. The van der Waals surface area contributed by atoms with Crippen LogP contribution in [0.2, 0.25) is 0 Å². The van der Waals surface area contributed by atoms with Gasteiger partial charge in [-0.25, -0.2) is 0 Å². The molecule has 0 aliphatic heterocycles. The highest BCUT2D eigenvalue weighted by molar-refractivity contribution is 5.92. The number of para-hydroxylation sites is 2. The zero-order valence-electron chi connectivity index (χ0n) is 12.5. The highest BCUT2D eigenvalue weighted by Gasteiger charge is 2.31. The summed E-state index contributed by atoms with van der Waals surface area (Å²) in [6, 6.07) is 7.42. The molecule has 1 fully saturated rings. The fourth-order valence-electron chi connectivity index (χ4n) is 2.54. The van der Waals surface area contributed by atoms with Crippen LogP contribution in [-0.4, -0.2) is 31.8 Å². The Kier molecular flexibility index (Phi) is 6.02. The lowest BCUT2D eigenvalue weighted by atomic mass is 9.80. The van der Waals surface area contributed by atoms with Crippen molar-refractivity contribution in [3.8, 4) is 5.75 Å². The predicted octanol–water partition coefficient (Wildman–Crippen LogP) is 2.17. The average Bonchev–Trinajstić information content (AvgIpc) is 2.44. The van der Waals surface area contributed by atoms with Crippen molar-refractivity contribution >= 4 is 11.6 Å². The number of hydrogen-bond acceptors (Lipinski definition) is 4. The van der Waals surface area contributed by atoms with Gasteiger partial charge >= 0.3 is 0 Å². The van der Waals surface area contributed by atoms with E-state index in [4.69, 9.17) is 15.2 Å². The maximum atomic E-state index is 12.1. The number of nitrogens with one attached hydrogen (secondary N) is 1. The molecule has 0 bridgehead atoms. The largest absolute Gasteiger partial charge is 0.490 e. The molecule has 0 spiro atoms. The molecule has 0 radical (unpaired) electrons. The Morgan fingerprint density at radius 3 is 2.86 bits per heavy atom. The van der Waals surface area contributed by atoms with E-state index in [0.29, 0.717) is 43.0 Å². The molecule has 0 unspecified atom stereocenters. The molecule has 3 N–H and O–H groups in total. The van der Waals surface area contributed by atoms with Crippen LogP contribution in [0.25, 0.3) is 0 Å². The molecule has 21 heavy (non-hydrogen) atoms. The van der Waals surface area contributed by atoms with Gasteiger partial charge in [-0.2, -0.15) is 0 Å². The van der Waals surface area contributed by atoms with Gasteiger partial charge in [0.2, 0.25) is 5.91 Å². The van der Waals surface area contributed by atoms with Crippen LogP contribution in [0.15, 0.2) is 24.3 Å². The molecule has 0 aromatic heterocycles. The standard InChI is InChI=1S/C16H24N2O3/c1-2-20-13-9-12(10-13)11-16(19)18-14-5-3-4-6-15(14)21-8-7-17/h3-6,12-13H,2,7-11,17H2,1H3,(H,18,19). The van der Waals surface area contributed by atoms with Crippen molar-refractivity contribution in [2.45, 2.75) is 32.3 Å². The first-order chi connectivity index (χ1) is 10.2. The molecule has 0 saturated heterocycles. The number of amides is 1. The maximum Gasteiger partial charge on any atom is 0.224 e. The maximum absolute atomic E-state index is 12.1. The van der Waals surface area contributed by atoms with Gasteiger partial charge in [0.25, 0.3) is 0 Å². The Balaban J connectivity index is 1.80. The first-order valence-corrected chi connectivity index (χ1v) is 7.56. The van der Waals surface area contributed by atoms with Gasteiger partial charge in [-0.1, -0.05) is 12.1 Å². The number of carbonyl (C=O) groups excluding carboxylic acids is 1. The molecule has 0 heterocycles. The van der Waals surface area contributed by atoms with Gasteiger partial charge < -0.3 is 20.5 Å². The average molecular weight is 292 g/mol. The van der Waals surface area contributed by atoms with E-state index in [2.05, 4.69) is 5.32 Å². The summed E-state index contributed by atoms with van der Waals surface area (Å²) < 4.78 is 11.0. The predicted molar refractivity (Wildman–Crippen MR) is 82.4 cm³/mol. The van der Waals surface area contributed by atoms with Gasteiger partial charge in [-0.05, 0) is 37.8 Å². The molecule has 116 valence electrons. The zero-order valence-corrected chi connectivity index (χ0v) is 12.5. The summed E-state index contributed by atoms with van der Waals surface area (Å²) in [6.07, 6.45) is 2.83. The van der Waals surface area contributed by atoms with Crippen molar-refractivity contribution < 1.29 is 14.3 Å². The Morgan fingerprint density at radius 1 is 1.38 bits per heavy atom. The summed E-state index contributed by atoms with van der Waals surface area (Å²) in [7, 11) is 0. The summed E-state index contributed by atoms with van der Waals surface area (Å²) >= 11 is 0. The third-order valence-corrected chi connectivity index (χ3v) is 3.61. The molecule has 1 amide bonds. The van der Waals surface area contributed by atoms with Gasteiger partial charge in [-0.3, -0.25) is 4.79 Å². The van der Waals surface area contributed by atoms with Crippen molar-refractivity contribution in [1.29, 1.82) is 0 Å². The number of anilines is 1. The van der Waals surface area contributed by atoms with Crippen molar-refractivity contribution in [3.63, 3.8) is 0 Å². The molecule has 1 saturated carbocycles. The second kappa shape index (κ2) is 8.00. The minimum absolute atomic E-state index is 0.0266. The van der Waals surface area contributed by atoms with Gasteiger partial charge in [0.05, 0.1) is 11.8 Å². The van der Waals surface area contributed by atoms with E-state index in [1.165, 1.54) is 0 Å². The van der Waals surface area contributed by atoms with Crippen LogP contribution in [-0.2, 0) is 9.53 Å². The SMILES string of the molecule is CCOC1CC(CC(=O)Nc2ccccc2OCCN)C1. The third kappa shape index (κ3) is 4.72. The van der Waals surface area contributed by atoms with Crippen LogP contribution in [0, 0.1) is 5.92 Å². The van der Waals surface area contributed by atoms with E-state index in [9.17, 15) is 4.79 Å². The molecule has 2 rings (SSSR count). The molecule has 1 aromatic rings. The summed E-state index contributed by atoms with van der Waals surface area (Å²) in [6.45, 7) is 3.63. The fourth-order valence-corrected chi connectivity index (χ4v) is 2.54. The second-order valence-electron chi connectivity index (χ2n) is 5.30. The quantitative estimate of drug-likeness (QED) is 0.770. The van der Waals surface area contributed by atoms with Crippen LogP contribution in [0.4, 0.5) is 5.69 Å². The van der Waals surface area contributed by atoms with Crippen molar-refractivity contribution in [1.82, 2.24) is 0 Å². The van der Waals surface area contributed by atoms with Crippen LogP contribution in [0.3, 0.4) is 0 Å². The molecular weight excluding hydrogens is 268 g/mol. The molecule has 5 heteroatoms. The summed E-state index contributed by atoms with van der Waals surface area (Å²) in [5, 5.41) is 2.92. The lowest BCUT2D eigenvalue weighted by molar-refractivity contribution is -0.119. The minimum atomic E-state index is 0.0266. The van der Waals surface area contributed by atoms with Gasteiger partial charge in [0.1, 0.15) is 12.4 Å². The number of nitrogens with two attached hydrogens (primary N) is 1. The van der Waals surface area contributed by atoms with Crippen LogP contribution < -0.4 is 15.8 Å². The minimum Gasteiger partial charge on any atom is -0.490 e. The van der Waals surface area contributed by atoms with E-state index in [0.717, 1.165) is 19.4 Å². The van der Waals surface area contributed by atoms with E-state index in [1.54, 1.807) is 0 Å². The highest BCUT2D eigenvalue weighted by atomic mass is 16.5. The van der Waals surface area contributed by atoms with Crippen LogP contribution in [0.1, 0.15) is 26.2 Å². The highest BCUT2D eigenvalue weighted by Crippen LogP contribution is 2.33. The Morgan fingerprint density at radius 2 is 2.14 bits per heavy atom. The molecule has 5 nitrogen and oxygen atoms in total. The number of carbonyl (C=O) groups is 1. The molecule has 1 aromatic carbocycles. The number of hydrogen-bond donors (Lipinski definition) is 2. The van der Waals surface area contributed by atoms with E-state index < -0.39 is 0 Å². The summed E-state index contributed by atoms with van der Waals surface area (Å²) in [5.74, 6) is 1.12. The van der Waals surface area contributed by atoms with Gasteiger partial charge in [0, 0.05) is 19.6 Å². The fraction of sp³-hybridized carbons (Fsp3) is 0.562. The molecular formula is C16H24N2O3. The van der Waals surface area contributed by atoms with E-state index in [1.807, 2.05) is 31.2 Å². The summed E-state index contributed by atoms with van der Waals surface area (Å²) in [5.41, 5.74) is 6.14. The zero-order chi connectivity index (χ0) is 15.1. The lowest BCUT2D eigenvalue weighted by Crippen LogP contribution is -2.33. The number of rotatable bonds is 8. The topological polar surface area (TPSA) is 73.6 Å². The van der Waals surface area contributed by atoms with Crippen LogP contribution >= 0.6 is 0 Å². The molecule has 1 aliphatic carbocycles. The van der Waals surface area contributed by atoms with Crippen molar-refractivity contribution in [2.24, 2.45) is 11.7 Å². The lowest BCUT2D eigenvalue weighted by Gasteiger charge is -2.34. The summed E-state index contributed by atoms with van der Waals surface area (Å²) in [4.78, 5) is 12.1. The van der Waals surface area contributed by atoms with Crippen molar-refractivity contribution in [3.05, 3.63) is 24.3 Å². The Bertz CT molecular complexity index is 459. The second-order valence-corrected chi connectivity index (χ2v) is 5.30. The smallest absolute Gasteiger partial charge is 0.224 e. The van der Waals surface area contributed by atoms with Gasteiger partial charge in [0.15, 0.2) is 0 Å². The Labute approximate surface area is 125 Å². The monoisotopic (exact) mass is 292 g/mol. The Hall–Kier alpha value is -1.59. The molecule has 0 atom stereocenters. The van der Waals surface area contributed by atoms with Crippen molar-refractivity contribution in [2.75, 3.05) is 25.1 Å². The normalized spacial score (nSPS) is 20.7. The number of ether oxygens (including phenoxy) is 2. The van der Waals surface area contributed by atoms with E-state index in [-0.39, 0.29) is 5.91 Å². The third-order valence-electron chi connectivity index (χ3n) is 3.61. The number of benzene rings is 1. The first kappa shape index (κ1) is 15.8. The van der Waals surface area contributed by atoms with E-state index >= 15 is 0 Å². The first-order valence-electron chi connectivity index (χ1n) is 7.56. The van der Waals surface area contributed by atoms with Crippen LogP contribution in [0.5, 0.6) is 5.75 Å². The van der Waals surface area contributed by atoms with Gasteiger partial charge in [-0.15, -0.1) is 0 Å².